The minimum absolute atomic E-state index is 0.0199. The first-order chi connectivity index (χ1) is 23.6. The van der Waals surface area contributed by atoms with Crippen LogP contribution in [0.5, 0.6) is 5.75 Å². The van der Waals surface area contributed by atoms with Crippen LogP contribution in [0.1, 0.15) is 52.5 Å². The second-order valence-corrected chi connectivity index (χ2v) is 13.6. The Morgan fingerprint density at radius 2 is 1.82 bits per heavy atom. The van der Waals surface area contributed by atoms with E-state index in [9.17, 15) is 9.59 Å². The number of aryl methyl sites for hydroxylation is 1. The molecule has 2 aliphatic heterocycles. The molecule has 0 bridgehead atoms. The summed E-state index contributed by atoms with van der Waals surface area (Å²) >= 11 is 12.8. The predicted octanol–water partition coefficient (Wildman–Crippen LogP) is 7.87. The summed E-state index contributed by atoms with van der Waals surface area (Å²) in [6, 6.07) is 24.9. The molecule has 7 rings (SSSR count). The Labute approximate surface area is 293 Å². The van der Waals surface area contributed by atoms with Gasteiger partial charge in [-0.3, -0.25) is 9.69 Å². The highest BCUT2D eigenvalue weighted by atomic mass is 35.5. The van der Waals surface area contributed by atoms with Crippen LogP contribution >= 0.6 is 23.2 Å². The second-order valence-electron chi connectivity index (χ2n) is 12.7. The summed E-state index contributed by atoms with van der Waals surface area (Å²) in [7, 11) is 2.97. The minimum atomic E-state index is -1.27. The molecule has 4 aromatic carbocycles. The lowest BCUT2D eigenvalue weighted by Gasteiger charge is -2.40. The SMILES string of the molecule is COC(=O)c1ccc2c(c1)nc1n2CC[C@H]2[C@@H]1[C@H](c1cccc(Cl)c1F)[C@](C)(C(=O)Nc1cccc(Cl)c1)N2CCc1cccc(OC)c1. The highest BCUT2D eigenvalue weighted by Crippen LogP contribution is 2.57. The van der Waals surface area contributed by atoms with Gasteiger partial charge in [-0.05, 0) is 85.5 Å². The van der Waals surface area contributed by atoms with Crippen molar-refractivity contribution in [2.24, 2.45) is 0 Å². The zero-order chi connectivity index (χ0) is 34.4. The van der Waals surface area contributed by atoms with E-state index in [-0.39, 0.29) is 17.0 Å². The number of methoxy groups -OCH3 is 2. The fourth-order valence-corrected chi connectivity index (χ4v) is 8.29. The number of benzene rings is 4. The molecule has 49 heavy (non-hydrogen) atoms. The third-order valence-corrected chi connectivity index (χ3v) is 10.7. The molecular weight excluding hydrogens is 666 g/mol. The number of carbonyl (C=O) groups excluding carboxylic acids is 2. The lowest BCUT2D eigenvalue weighted by atomic mass is 9.73. The van der Waals surface area contributed by atoms with Crippen LogP contribution in [0.4, 0.5) is 10.1 Å². The number of imidazole rings is 1. The summed E-state index contributed by atoms with van der Waals surface area (Å²) in [4.78, 5) is 34.6. The Bertz CT molecular complexity index is 2090. The number of rotatable bonds is 8. The lowest BCUT2D eigenvalue weighted by Crippen LogP contribution is -2.56. The van der Waals surface area contributed by atoms with Gasteiger partial charge in [-0.15, -0.1) is 0 Å². The van der Waals surface area contributed by atoms with E-state index in [0.717, 1.165) is 22.7 Å². The van der Waals surface area contributed by atoms with Gasteiger partial charge in [0.25, 0.3) is 0 Å². The largest absolute Gasteiger partial charge is 0.497 e. The van der Waals surface area contributed by atoms with Crippen molar-refractivity contribution in [2.45, 2.75) is 49.7 Å². The number of esters is 1. The first-order valence-electron chi connectivity index (χ1n) is 16.1. The number of halogens is 3. The molecule has 1 saturated heterocycles. The zero-order valence-corrected chi connectivity index (χ0v) is 28.8. The van der Waals surface area contributed by atoms with E-state index in [1.807, 2.05) is 37.3 Å². The van der Waals surface area contributed by atoms with E-state index in [1.54, 1.807) is 55.6 Å². The van der Waals surface area contributed by atoms with Crippen molar-refractivity contribution in [2.75, 3.05) is 26.1 Å². The molecule has 8 nitrogen and oxygen atoms in total. The minimum Gasteiger partial charge on any atom is -0.497 e. The zero-order valence-electron chi connectivity index (χ0n) is 27.3. The number of ether oxygens (including phenoxy) is 2. The van der Waals surface area contributed by atoms with Crippen LogP contribution in [0.25, 0.3) is 11.0 Å². The van der Waals surface area contributed by atoms with Crippen molar-refractivity contribution in [1.29, 1.82) is 0 Å². The van der Waals surface area contributed by atoms with Gasteiger partial charge in [-0.25, -0.2) is 14.2 Å². The van der Waals surface area contributed by atoms with E-state index >= 15 is 4.39 Å². The number of nitrogens with zero attached hydrogens (tertiary/aromatic N) is 3. The van der Waals surface area contributed by atoms with Gasteiger partial charge in [0.05, 0.1) is 35.8 Å². The maximum atomic E-state index is 16.3. The molecule has 5 aromatic rings. The number of nitrogens with one attached hydrogen (secondary N) is 1. The van der Waals surface area contributed by atoms with Crippen LogP contribution in [-0.4, -0.2) is 58.7 Å². The third-order valence-electron chi connectivity index (χ3n) is 10.2. The Kier molecular flexibility index (Phi) is 8.85. The molecule has 2 aliphatic rings. The van der Waals surface area contributed by atoms with Gasteiger partial charge in [0, 0.05) is 41.7 Å². The molecule has 252 valence electrons. The van der Waals surface area contributed by atoms with Gasteiger partial charge in [-0.2, -0.15) is 0 Å². The van der Waals surface area contributed by atoms with E-state index in [1.165, 1.54) is 13.2 Å². The number of amides is 1. The Hall–Kier alpha value is -4.44. The normalized spacial score (nSPS) is 21.6. The lowest BCUT2D eigenvalue weighted by molar-refractivity contribution is -0.127. The molecule has 11 heteroatoms. The molecule has 3 heterocycles. The van der Waals surface area contributed by atoms with Crippen molar-refractivity contribution in [1.82, 2.24) is 14.5 Å². The van der Waals surface area contributed by atoms with Gasteiger partial charge in [0.1, 0.15) is 22.9 Å². The summed E-state index contributed by atoms with van der Waals surface area (Å²) in [5, 5.41) is 3.57. The molecule has 0 spiro atoms. The highest BCUT2D eigenvalue weighted by Gasteiger charge is 2.63. The smallest absolute Gasteiger partial charge is 0.337 e. The van der Waals surface area contributed by atoms with Crippen LogP contribution in [0.15, 0.2) is 84.9 Å². The fraction of sp³-hybridized carbons (Fsp3) is 0.289. The molecule has 0 unspecified atom stereocenters. The van der Waals surface area contributed by atoms with Crippen LogP contribution in [0.3, 0.4) is 0 Å². The summed E-state index contributed by atoms with van der Waals surface area (Å²) in [5.74, 6) is -0.953. The number of anilines is 1. The van der Waals surface area contributed by atoms with Crippen molar-refractivity contribution in [3.63, 3.8) is 0 Å². The number of carbonyl (C=O) groups is 2. The molecule has 1 fully saturated rings. The van der Waals surface area contributed by atoms with Crippen LogP contribution in [0.2, 0.25) is 10.0 Å². The molecule has 0 aliphatic carbocycles. The van der Waals surface area contributed by atoms with E-state index in [4.69, 9.17) is 37.7 Å². The Morgan fingerprint density at radius 1 is 1.02 bits per heavy atom. The quantitative estimate of drug-likeness (QED) is 0.166. The van der Waals surface area contributed by atoms with Crippen LogP contribution < -0.4 is 10.1 Å². The van der Waals surface area contributed by atoms with Crippen LogP contribution in [-0.2, 0) is 22.5 Å². The van der Waals surface area contributed by atoms with Crippen molar-refractivity contribution in [3.05, 3.63) is 123 Å². The van der Waals surface area contributed by atoms with Gasteiger partial charge in [-0.1, -0.05) is 53.5 Å². The van der Waals surface area contributed by atoms with Gasteiger partial charge >= 0.3 is 5.97 Å². The molecule has 0 saturated carbocycles. The molecule has 1 amide bonds. The van der Waals surface area contributed by atoms with E-state index < -0.39 is 29.2 Å². The number of hydrogen-bond acceptors (Lipinski definition) is 6. The molecular formula is C38H35Cl2FN4O4. The number of aromatic nitrogens is 2. The fourth-order valence-electron chi connectivity index (χ4n) is 7.92. The average Bonchev–Trinajstić information content (AvgIpc) is 3.60. The number of fused-ring (bicyclic) bond motifs is 5. The standard InChI is InChI=1S/C38H35Cl2FN4O4/c1-38(37(47)42-25-9-5-8-24(39)21-25)33(27-11-6-12-28(40)34(27)41)32-31(45(38)18-15-22-7-4-10-26(19-22)48-2)16-17-44-30-14-13-23(36(46)49-3)20-29(30)43-35(32)44/h4-14,19-21,31-33H,15-18H2,1-3H3,(H,42,47)/t31-,32+,33-,38+/m0/s1. The topological polar surface area (TPSA) is 85.7 Å². The summed E-state index contributed by atoms with van der Waals surface area (Å²) in [5.41, 5.74) is 2.52. The van der Waals surface area contributed by atoms with Crippen molar-refractivity contribution < 1.29 is 23.5 Å². The first kappa shape index (κ1) is 33.1. The third kappa shape index (κ3) is 5.73. The van der Waals surface area contributed by atoms with Gasteiger partial charge in [0.15, 0.2) is 0 Å². The maximum Gasteiger partial charge on any atom is 0.337 e. The van der Waals surface area contributed by atoms with Gasteiger partial charge < -0.3 is 19.4 Å². The second kappa shape index (κ2) is 13.1. The Morgan fingerprint density at radius 3 is 2.59 bits per heavy atom. The van der Waals surface area contributed by atoms with E-state index in [2.05, 4.69) is 14.8 Å². The van der Waals surface area contributed by atoms with E-state index in [0.29, 0.717) is 53.3 Å². The molecule has 4 atom stereocenters. The molecule has 1 aromatic heterocycles. The maximum absolute atomic E-state index is 16.3. The first-order valence-corrected chi connectivity index (χ1v) is 16.9. The number of likely N-dealkylation sites (tertiary alicyclic amines) is 1. The summed E-state index contributed by atoms with van der Waals surface area (Å²) in [6.07, 6.45) is 1.29. The Balaban J connectivity index is 1.41. The predicted molar refractivity (Wildman–Crippen MR) is 188 cm³/mol. The van der Waals surface area contributed by atoms with Crippen molar-refractivity contribution in [3.8, 4) is 5.75 Å². The summed E-state index contributed by atoms with van der Waals surface area (Å²) in [6.45, 7) is 3.01. The van der Waals surface area contributed by atoms with Gasteiger partial charge in [0.2, 0.25) is 5.91 Å². The van der Waals surface area contributed by atoms with Crippen molar-refractivity contribution >= 4 is 51.8 Å². The monoisotopic (exact) mass is 700 g/mol. The average molecular weight is 702 g/mol. The number of hydrogen-bond donors (Lipinski definition) is 1. The highest BCUT2D eigenvalue weighted by molar-refractivity contribution is 6.31. The van der Waals surface area contributed by atoms with Crippen LogP contribution in [0, 0.1) is 5.82 Å². The molecule has 1 N–H and O–H groups in total. The molecule has 0 radical (unpaired) electrons. The summed E-state index contributed by atoms with van der Waals surface area (Å²) < 4.78 is 28.9.